The lowest BCUT2D eigenvalue weighted by Gasteiger charge is -2.15. The molecule has 1 aromatic heterocycles. The van der Waals surface area contributed by atoms with Crippen molar-refractivity contribution in [2.75, 3.05) is 13.2 Å². The molecule has 1 fully saturated rings. The second-order valence-corrected chi connectivity index (χ2v) is 6.21. The summed E-state index contributed by atoms with van der Waals surface area (Å²) in [5.41, 5.74) is 1.88. The Labute approximate surface area is 150 Å². The maximum atomic E-state index is 12.1. The molecule has 1 aliphatic heterocycles. The number of carbonyl (C=O) groups is 2. The number of amides is 1. The molecule has 3 rings (SSSR count). The highest BCUT2D eigenvalue weighted by atomic mass is 16.5. The van der Waals surface area contributed by atoms with E-state index in [1.54, 1.807) is 0 Å². The minimum atomic E-state index is -1.22. The van der Waals surface area contributed by atoms with E-state index in [0.29, 0.717) is 12.4 Å². The highest BCUT2D eigenvalue weighted by molar-refractivity contribution is 5.93. The molecule has 2 heterocycles. The molecular formula is C19H21NO6. The van der Waals surface area contributed by atoms with Gasteiger partial charge in [-0.05, 0) is 43.5 Å². The topological polar surface area (TPSA) is 98.0 Å². The Hall–Kier alpha value is -2.80. The summed E-state index contributed by atoms with van der Waals surface area (Å²) in [6.45, 7) is 3.46. The van der Waals surface area contributed by atoms with Gasteiger partial charge >= 0.3 is 5.97 Å². The van der Waals surface area contributed by atoms with Crippen LogP contribution in [0.15, 0.2) is 34.7 Å². The third kappa shape index (κ3) is 4.43. The van der Waals surface area contributed by atoms with Crippen LogP contribution in [0.4, 0.5) is 0 Å². The number of rotatable bonds is 7. The first-order valence-corrected chi connectivity index (χ1v) is 8.48. The van der Waals surface area contributed by atoms with Crippen molar-refractivity contribution in [1.82, 2.24) is 5.32 Å². The van der Waals surface area contributed by atoms with Gasteiger partial charge in [0.15, 0.2) is 5.76 Å². The minimum absolute atomic E-state index is 0.0451. The number of ether oxygens (including phenoxy) is 2. The first kappa shape index (κ1) is 18.0. The monoisotopic (exact) mass is 359 g/mol. The average molecular weight is 359 g/mol. The van der Waals surface area contributed by atoms with E-state index in [0.717, 1.165) is 30.6 Å². The molecule has 26 heavy (non-hydrogen) atoms. The van der Waals surface area contributed by atoms with Crippen LogP contribution in [0.3, 0.4) is 0 Å². The van der Waals surface area contributed by atoms with E-state index in [4.69, 9.17) is 19.0 Å². The lowest BCUT2D eigenvalue weighted by molar-refractivity contribution is 0.0658. The Bertz CT molecular complexity index is 791. The summed E-state index contributed by atoms with van der Waals surface area (Å²) in [4.78, 5) is 23.0. The van der Waals surface area contributed by atoms with Crippen molar-refractivity contribution < 1.29 is 28.6 Å². The number of benzene rings is 1. The lowest BCUT2D eigenvalue weighted by Crippen LogP contribution is -2.23. The van der Waals surface area contributed by atoms with Crippen LogP contribution in [0.25, 0.3) is 0 Å². The molecule has 1 aliphatic rings. The molecule has 138 valence electrons. The van der Waals surface area contributed by atoms with Crippen molar-refractivity contribution in [3.63, 3.8) is 0 Å². The maximum absolute atomic E-state index is 12.1. The zero-order valence-corrected chi connectivity index (χ0v) is 14.5. The van der Waals surface area contributed by atoms with Gasteiger partial charge in [0.05, 0.1) is 6.10 Å². The van der Waals surface area contributed by atoms with Gasteiger partial charge < -0.3 is 24.3 Å². The third-order valence-corrected chi connectivity index (χ3v) is 4.15. The average Bonchev–Trinajstić information content (AvgIpc) is 3.30. The predicted molar refractivity (Wildman–Crippen MR) is 92.5 cm³/mol. The van der Waals surface area contributed by atoms with Crippen molar-refractivity contribution in [2.24, 2.45) is 0 Å². The molecule has 7 nitrogen and oxygen atoms in total. The zero-order chi connectivity index (χ0) is 18.5. The van der Waals surface area contributed by atoms with Gasteiger partial charge in [0.2, 0.25) is 5.76 Å². The van der Waals surface area contributed by atoms with Gasteiger partial charge in [-0.2, -0.15) is 0 Å². The summed E-state index contributed by atoms with van der Waals surface area (Å²) >= 11 is 0. The minimum Gasteiger partial charge on any atom is -0.491 e. The van der Waals surface area contributed by atoms with Gasteiger partial charge in [-0.25, -0.2) is 4.79 Å². The Balaban J connectivity index is 1.62. The molecule has 2 aromatic rings. The molecule has 1 unspecified atom stereocenters. The van der Waals surface area contributed by atoms with Crippen molar-refractivity contribution in [3.8, 4) is 5.75 Å². The van der Waals surface area contributed by atoms with Crippen LogP contribution in [0.2, 0.25) is 0 Å². The first-order valence-electron chi connectivity index (χ1n) is 8.48. The predicted octanol–water partition coefficient (Wildman–Crippen LogP) is 2.77. The van der Waals surface area contributed by atoms with Gasteiger partial charge in [-0.1, -0.05) is 12.1 Å². The van der Waals surface area contributed by atoms with Crippen LogP contribution in [-0.2, 0) is 11.3 Å². The van der Waals surface area contributed by atoms with E-state index in [-0.39, 0.29) is 24.2 Å². The molecule has 1 aromatic carbocycles. The number of nitrogens with one attached hydrogen (secondary N) is 1. The normalized spacial score (nSPS) is 16.4. The molecule has 1 atom stereocenters. The number of furan rings is 1. The number of carboxylic acid groups (broad SMARTS) is 1. The van der Waals surface area contributed by atoms with Crippen LogP contribution in [-0.4, -0.2) is 36.3 Å². The molecule has 0 bridgehead atoms. The number of aromatic carboxylic acids is 1. The van der Waals surface area contributed by atoms with Crippen molar-refractivity contribution in [1.29, 1.82) is 0 Å². The SMILES string of the molecule is Cc1ccc(CNC(=O)c2ccc(C(=O)O)o2)c(OCC2CCCO2)c1. The summed E-state index contributed by atoms with van der Waals surface area (Å²) in [7, 11) is 0. The summed E-state index contributed by atoms with van der Waals surface area (Å²) < 4.78 is 16.5. The summed E-state index contributed by atoms with van der Waals surface area (Å²) in [6, 6.07) is 8.34. The fraction of sp³-hybridized carbons (Fsp3) is 0.368. The molecule has 0 spiro atoms. The van der Waals surface area contributed by atoms with E-state index in [9.17, 15) is 9.59 Å². The van der Waals surface area contributed by atoms with E-state index in [1.165, 1.54) is 12.1 Å². The highest BCUT2D eigenvalue weighted by Gasteiger charge is 2.18. The Morgan fingerprint density at radius 2 is 2.08 bits per heavy atom. The van der Waals surface area contributed by atoms with Crippen molar-refractivity contribution >= 4 is 11.9 Å². The van der Waals surface area contributed by atoms with Crippen LogP contribution in [0.1, 0.15) is 45.1 Å². The van der Waals surface area contributed by atoms with Gasteiger partial charge in [0, 0.05) is 18.7 Å². The fourth-order valence-corrected chi connectivity index (χ4v) is 2.74. The maximum Gasteiger partial charge on any atom is 0.371 e. The Morgan fingerprint density at radius 1 is 1.27 bits per heavy atom. The molecule has 0 radical (unpaired) electrons. The van der Waals surface area contributed by atoms with Crippen LogP contribution < -0.4 is 10.1 Å². The molecule has 1 saturated heterocycles. The summed E-state index contributed by atoms with van der Waals surface area (Å²) in [6.07, 6.45) is 2.14. The first-order chi connectivity index (χ1) is 12.5. The Morgan fingerprint density at radius 3 is 2.77 bits per heavy atom. The highest BCUT2D eigenvalue weighted by Crippen LogP contribution is 2.22. The largest absolute Gasteiger partial charge is 0.491 e. The molecule has 7 heteroatoms. The smallest absolute Gasteiger partial charge is 0.371 e. The number of hydrogen-bond acceptors (Lipinski definition) is 5. The molecular weight excluding hydrogens is 338 g/mol. The molecule has 0 aliphatic carbocycles. The van der Waals surface area contributed by atoms with E-state index < -0.39 is 11.9 Å². The number of carbonyl (C=O) groups excluding carboxylic acids is 1. The molecule has 0 saturated carbocycles. The standard InChI is InChI=1S/C19H21NO6/c1-12-4-5-13(17(9-12)25-11-14-3-2-8-24-14)10-20-18(21)15-6-7-16(26-15)19(22)23/h4-7,9,14H,2-3,8,10-11H2,1H3,(H,20,21)(H,22,23). The van der Waals surface area contributed by atoms with Gasteiger partial charge in [-0.15, -0.1) is 0 Å². The van der Waals surface area contributed by atoms with E-state index in [2.05, 4.69) is 5.32 Å². The third-order valence-electron chi connectivity index (χ3n) is 4.15. The fourth-order valence-electron chi connectivity index (χ4n) is 2.74. The summed E-state index contributed by atoms with van der Waals surface area (Å²) in [5, 5.41) is 11.6. The number of hydrogen-bond donors (Lipinski definition) is 2. The second kappa shape index (κ2) is 8.05. The van der Waals surface area contributed by atoms with Crippen molar-refractivity contribution in [2.45, 2.75) is 32.4 Å². The van der Waals surface area contributed by atoms with E-state index in [1.807, 2.05) is 25.1 Å². The number of carboxylic acids is 1. The number of aryl methyl sites for hydroxylation is 1. The zero-order valence-electron chi connectivity index (χ0n) is 14.5. The lowest BCUT2D eigenvalue weighted by atomic mass is 10.1. The molecule has 2 N–H and O–H groups in total. The second-order valence-electron chi connectivity index (χ2n) is 6.21. The summed E-state index contributed by atoms with van der Waals surface area (Å²) in [5.74, 6) is -1.32. The van der Waals surface area contributed by atoms with Gasteiger partial charge in [-0.3, -0.25) is 4.79 Å². The van der Waals surface area contributed by atoms with Crippen LogP contribution in [0, 0.1) is 6.92 Å². The van der Waals surface area contributed by atoms with Crippen molar-refractivity contribution in [3.05, 3.63) is 53.0 Å². The van der Waals surface area contributed by atoms with Crippen LogP contribution >= 0.6 is 0 Å². The van der Waals surface area contributed by atoms with Gasteiger partial charge in [0.1, 0.15) is 12.4 Å². The quantitative estimate of drug-likeness (QED) is 0.789. The molecule has 1 amide bonds. The Kier molecular flexibility index (Phi) is 5.58. The van der Waals surface area contributed by atoms with Crippen LogP contribution in [0.5, 0.6) is 5.75 Å². The van der Waals surface area contributed by atoms with E-state index >= 15 is 0 Å². The van der Waals surface area contributed by atoms with Gasteiger partial charge in [0.25, 0.3) is 5.91 Å².